The third-order valence-electron chi connectivity index (χ3n) is 2.98. The second-order valence-corrected chi connectivity index (χ2v) is 5.66. The van der Waals surface area contributed by atoms with Gasteiger partial charge in [-0.2, -0.15) is 0 Å². The van der Waals surface area contributed by atoms with Crippen LogP contribution in [-0.4, -0.2) is 31.9 Å². The fourth-order valence-corrected chi connectivity index (χ4v) is 2.60. The average Bonchev–Trinajstić information content (AvgIpc) is 3.20. The summed E-state index contributed by atoms with van der Waals surface area (Å²) < 4.78 is 1.88. The lowest BCUT2D eigenvalue weighted by Gasteiger charge is -2.05. The molecule has 1 N–H and O–H groups in total. The standard InChI is InChI=1S/C13H15N5OS/c19-13(14-10-4-2-1-3-5-10)9-20-8-12-15-16-17-18(12)11-6-7-11/h1-5,11H,6-9H2,(H,14,19). The van der Waals surface area contributed by atoms with Crippen LogP contribution in [0.4, 0.5) is 5.69 Å². The van der Waals surface area contributed by atoms with Crippen LogP contribution in [0.5, 0.6) is 0 Å². The molecule has 1 heterocycles. The van der Waals surface area contributed by atoms with Gasteiger partial charge in [0.25, 0.3) is 0 Å². The minimum atomic E-state index is -0.00773. The maximum Gasteiger partial charge on any atom is 0.234 e. The number of amides is 1. The number of para-hydroxylation sites is 1. The molecule has 1 aliphatic carbocycles. The summed E-state index contributed by atoms with van der Waals surface area (Å²) in [5, 5.41) is 14.5. The Hall–Kier alpha value is -1.89. The van der Waals surface area contributed by atoms with Crippen LogP contribution in [0.1, 0.15) is 24.7 Å². The average molecular weight is 289 g/mol. The molecule has 0 unspecified atom stereocenters. The Bertz CT molecular complexity index is 581. The number of benzene rings is 1. The highest BCUT2D eigenvalue weighted by molar-refractivity contribution is 7.99. The van der Waals surface area contributed by atoms with Gasteiger partial charge >= 0.3 is 0 Å². The van der Waals surface area contributed by atoms with E-state index >= 15 is 0 Å². The molecule has 20 heavy (non-hydrogen) atoms. The monoisotopic (exact) mass is 289 g/mol. The first-order chi connectivity index (χ1) is 9.83. The highest BCUT2D eigenvalue weighted by Crippen LogP contribution is 2.34. The van der Waals surface area contributed by atoms with E-state index < -0.39 is 0 Å². The van der Waals surface area contributed by atoms with E-state index in [1.165, 1.54) is 11.8 Å². The number of thioether (sulfide) groups is 1. The highest BCUT2D eigenvalue weighted by Gasteiger charge is 2.27. The number of carbonyl (C=O) groups excluding carboxylic acids is 1. The van der Waals surface area contributed by atoms with E-state index in [2.05, 4.69) is 20.8 Å². The Kier molecular flexibility index (Phi) is 3.96. The number of rotatable bonds is 6. The number of hydrogen-bond donors (Lipinski definition) is 1. The Morgan fingerprint density at radius 2 is 2.15 bits per heavy atom. The molecule has 3 rings (SSSR count). The van der Waals surface area contributed by atoms with Gasteiger partial charge in [0.15, 0.2) is 5.82 Å². The summed E-state index contributed by atoms with van der Waals surface area (Å²) in [6.45, 7) is 0. The SMILES string of the molecule is O=C(CSCc1nnnn1C1CC1)Nc1ccccc1. The van der Waals surface area contributed by atoms with Crippen LogP contribution in [0.25, 0.3) is 0 Å². The van der Waals surface area contributed by atoms with E-state index in [1.807, 2.05) is 35.0 Å². The molecule has 0 saturated heterocycles. The molecule has 1 fully saturated rings. The van der Waals surface area contributed by atoms with Crippen LogP contribution < -0.4 is 5.32 Å². The minimum Gasteiger partial charge on any atom is -0.325 e. The number of nitrogens with one attached hydrogen (secondary N) is 1. The smallest absolute Gasteiger partial charge is 0.234 e. The van der Waals surface area contributed by atoms with Gasteiger partial charge in [0.1, 0.15) is 0 Å². The number of carbonyl (C=O) groups is 1. The van der Waals surface area contributed by atoms with Crippen molar-refractivity contribution in [1.29, 1.82) is 0 Å². The summed E-state index contributed by atoms with van der Waals surface area (Å²) in [6, 6.07) is 9.92. The molecule has 0 radical (unpaired) electrons. The van der Waals surface area contributed by atoms with Crippen LogP contribution in [0.2, 0.25) is 0 Å². The lowest BCUT2D eigenvalue weighted by molar-refractivity contribution is -0.113. The summed E-state index contributed by atoms with van der Waals surface area (Å²) in [4.78, 5) is 11.8. The maximum absolute atomic E-state index is 11.8. The molecule has 7 heteroatoms. The predicted molar refractivity (Wildman–Crippen MR) is 77.3 cm³/mol. The molecule has 1 saturated carbocycles. The molecule has 0 aliphatic heterocycles. The number of hydrogen-bond acceptors (Lipinski definition) is 5. The summed E-state index contributed by atoms with van der Waals surface area (Å²) in [7, 11) is 0. The van der Waals surface area contributed by atoms with Crippen LogP contribution >= 0.6 is 11.8 Å². The van der Waals surface area contributed by atoms with E-state index in [0.717, 1.165) is 24.4 Å². The number of anilines is 1. The first-order valence-corrected chi connectivity index (χ1v) is 7.68. The zero-order valence-corrected chi connectivity index (χ0v) is 11.7. The van der Waals surface area contributed by atoms with Crippen molar-refractivity contribution in [1.82, 2.24) is 20.2 Å². The number of tetrazole rings is 1. The van der Waals surface area contributed by atoms with Crippen molar-refractivity contribution in [2.24, 2.45) is 0 Å². The van der Waals surface area contributed by atoms with E-state index in [0.29, 0.717) is 17.5 Å². The molecule has 1 amide bonds. The van der Waals surface area contributed by atoms with Gasteiger partial charge in [0, 0.05) is 5.69 Å². The van der Waals surface area contributed by atoms with Crippen molar-refractivity contribution >= 4 is 23.4 Å². The molecule has 1 aliphatic rings. The lowest BCUT2D eigenvalue weighted by Crippen LogP contribution is -2.14. The fourth-order valence-electron chi connectivity index (χ4n) is 1.86. The first kappa shape index (κ1) is 13.1. The van der Waals surface area contributed by atoms with Crippen LogP contribution in [0.3, 0.4) is 0 Å². The van der Waals surface area contributed by atoms with Crippen molar-refractivity contribution in [3.63, 3.8) is 0 Å². The van der Waals surface area contributed by atoms with Crippen molar-refractivity contribution in [2.75, 3.05) is 11.1 Å². The summed E-state index contributed by atoms with van der Waals surface area (Å²) in [5.41, 5.74) is 0.820. The van der Waals surface area contributed by atoms with Crippen LogP contribution in [0, 0.1) is 0 Å². The van der Waals surface area contributed by atoms with E-state index in [4.69, 9.17) is 0 Å². The molecular weight excluding hydrogens is 274 g/mol. The Morgan fingerprint density at radius 3 is 2.90 bits per heavy atom. The van der Waals surface area contributed by atoms with Gasteiger partial charge in [-0.05, 0) is 35.4 Å². The van der Waals surface area contributed by atoms with Gasteiger partial charge in [-0.15, -0.1) is 16.9 Å². The number of nitrogens with zero attached hydrogens (tertiary/aromatic N) is 4. The predicted octanol–water partition coefficient (Wildman–Crippen LogP) is 1.88. The quantitative estimate of drug-likeness (QED) is 0.879. The topological polar surface area (TPSA) is 72.7 Å². The van der Waals surface area contributed by atoms with E-state index in [9.17, 15) is 4.79 Å². The normalized spacial score (nSPS) is 14.2. The molecule has 6 nitrogen and oxygen atoms in total. The summed E-state index contributed by atoms with van der Waals surface area (Å²) >= 11 is 1.52. The maximum atomic E-state index is 11.8. The molecule has 1 aromatic carbocycles. The van der Waals surface area contributed by atoms with E-state index in [1.54, 1.807) is 0 Å². The zero-order chi connectivity index (χ0) is 13.8. The first-order valence-electron chi connectivity index (χ1n) is 6.52. The van der Waals surface area contributed by atoms with Gasteiger partial charge in [0.2, 0.25) is 5.91 Å². The molecule has 2 aromatic rings. The van der Waals surface area contributed by atoms with Crippen molar-refractivity contribution in [3.8, 4) is 0 Å². The second-order valence-electron chi connectivity index (χ2n) is 4.68. The molecule has 0 atom stereocenters. The van der Waals surface area contributed by atoms with Crippen LogP contribution in [0.15, 0.2) is 30.3 Å². The molecular formula is C13H15N5OS. The van der Waals surface area contributed by atoms with Gasteiger partial charge in [0.05, 0.1) is 17.5 Å². The van der Waals surface area contributed by atoms with E-state index in [-0.39, 0.29) is 5.91 Å². The summed E-state index contributed by atoms with van der Waals surface area (Å²) in [5.74, 6) is 1.90. The number of aromatic nitrogens is 4. The van der Waals surface area contributed by atoms with Crippen LogP contribution in [-0.2, 0) is 10.5 Å². The van der Waals surface area contributed by atoms with Gasteiger partial charge < -0.3 is 5.32 Å². The molecule has 0 spiro atoms. The van der Waals surface area contributed by atoms with Gasteiger partial charge in [-0.1, -0.05) is 18.2 Å². The molecule has 104 valence electrons. The third kappa shape index (κ3) is 3.36. The summed E-state index contributed by atoms with van der Waals surface area (Å²) in [6.07, 6.45) is 2.30. The second kappa shape index (κ2) is 6.04. The van der Waals surface area contributed by atoms with Crippen molar-refractivity contribution in [2.45, 2.75) is 24.6 Å². The molecule has 1 aromatic heterocycles. The molecule has 0 bridgehead atoms. The van der Waals surface area contributed by atoms with Gasteiger partial charge in [-0.25, -0.2) is 4.68 Å². The lowest BCUT2D eigenvalue weighted by atomic mass is 10.3. The Balaban J connectivity index is 1.45. The fraction of sp³-hybridized carbons (Fsp3) is 0.385. The largest absolute Gasteiger partial charge is 0.325 e. The van der Waals surface area contributed by atoms with Gasteiger partial charge in [-0.3, -0.25) is 4.79 Å². The highest BCUT2D eigenvalue weighted by atomic mass is 32.2. The zero-order valence-electron chi connectivity index (χ0n) is 10.9. The minimum absolute atomic E-state index is 0.00773. The van der Waals surface area contributed by atoms with Crippen molar-refractivity contribution in [3.05, 3.63) is 36.2 Å². The Labute approximate surface area is 120 Å². The third-order valence-corrected chi connectivity index (χ3v) is 3.90. The Morgan fingerprint density at radius 1 is 1.35 bits per heavy atom. The van der Waals surface area contributed by atoms with Crippen molar-refractivity contribution < 1.29 is 4.79 Å².